The lowest BCUT2D eigenvalue weighted by atomic mass is 10.1. The number of carbonyl (C=O) groups excluding carboxylic acids is 2. The first-order valence-electron chi connectivity index (χ1n) is 8.40. The molecule has 0 saturated carbocycles. The van der Waals surface area contributed by atoms with Crippen molar-refractivity contribution in [3.63, 3.8) is 0 Å². The van der Waals surface area contributed by atoms with E-state index in [1.165, 1.54) is 7.11 Å². The predicted molar refractivity (Wildman–Crippen MR) is 100 cm³/mol. The number of fused-ring (bicyclic) bond motifs is 1. The molecule has 2 aromatic rings. The van der Waals surface area contributed by atoms with Crippen LogP contribution in [0.2, 0.25) is 0 Å². The van der Waals surface area contributed by atoms with Crippen LogP contribution in [-0.4, -0.2) is 41.7 Å². The van der Waals surface area contributed by atoms with Gasteiger partial charge < -0.3 is 10.5 Å². The fourth-order valence-corrected chi connectivity index (χ4v) is 3.14. The van der Waals surface area contributed by atoms with Gasteiger partial charge in [-0.25, -0.2) is 14.8 Å². The molecule has 0 fully saturated rings. The number of benzene rings is 1. The number of carbonyl (C=O) groups is 2. The second-order valence-electron chi connectivity index (χ2n) is 6.26. The van der Waals surface area contributed by atoms with Crippen molar-refractivity contribution < 1.29 is 14.3 Å². The summed E-state index contributed by atoms with van der Waals surface area (Å²) >= 11 is 0. The predicted octanol–water partition coefficient (Wildman–Crippen LogP) is 1.40. The van der Waals surface area contributed by atoms with Crippen molar-refractivity contribution in [2.45, 2.75) is 13.0 Å². The van der Waals surface area contributed by atoms with Gasteiger partial charge >= 0.3 is 5.97 Å². The Morgan fingerprint density at radius 1 is 1.33 bits per heavy atom. The lowest BCUT2D eigenvalue weighted by molar-refractivity contribution is -0.117. The van der Waals surface area contributed by atoms with Crippen molar-refractivity contribution in [1.29, 1.82) is 0 Å². The number of nitrogens with zero attached hydrogens (tertiary/aromatic N) is 4. The Kier molecular flexibility index (Phi) is 4.15. The number of methoxy groups -OCH3 is 1. The van der Waals surface area contributed by atoms with Gasteiger partial charge in [0.15, 0.2) is 5.82 Å². The zero-order valence-corrected chi connectivity index (χ0v) is 14.7. The minimum Gasteiger partial charge on any atom is -0.465 e. The van der Waals surface area contributed by atoms with Crippen molar-refractivity contribution in [2.24, 2.45) is 4.99 Å². The molecule has 0 bridgehead atoms. The Bertz CT molecular complexity index is 1010. The lowest BCUT2D eigenvalue weighted by Gasteiger charge is -2.18. The first kappa shape index (κ1) is 16.9. The van der Waals surface area contributed by atoms with Crippen LogP contribution < -0.4 is 10.6 Å². The summed E-state index contributed by atoms with van der Waals surface area (Å²) in [5, 5.41) is 0. The van der Waals surface area contributed by atoms with Gasteiger partial charge in [-0.15, -0.1) is 0 Å². The van der Waals surface area contributed by atoms with E-state index < -0.39 is 5.97 Å². The molecule has 0 atom stereocenters. The van der Waals surface area contributed by atoms with Crippen molar-refractivity contribution >= 4 is 35.3 Å². The maximum atomic E-state index is 12.6. The number of anilines is 2. The number of nitrogen functional groups attached to an aromatic ring is 1. The summed E-state index contributed by atoms with van der Waals surface area (Å²) in [5.41, 5.74) is 8.79. The first-order valence-corrected chi connectivity index (χ1v) is 8.40. The monoisotopic (exact) mass is 363 g/mol. The van der Waals surface area contributed by atoms with Crippen LogP contribution in [0.3, 0.4) is 0 Å². The number of aromatic nitrogens is 2. The molecule has 1 amide bonds. The molecule has 3 heterocycles. The van der Waals surface area contributed by atoms with Crippen molar-refractivity contribution in [3.8, 4) is 0 Å². The van der Waals surface area contributed by atoms with Gasteiger partial charge in [0.1, 0.15) is 11.6 Å². The summed E-state index contributed by atoms with van der Waals surface area (Å²) in [5.74, 6) is 0.766. The normalized spacial score (nSPS) is 15.1. The first-order chi connectivity index (χ1) is 13.1. The Labute approximate surface area is 155 Å². The van der Waals surface area contributed by atoms with Crippen LogP contribution in [0.15, 0.2) is 35.3 Å². The molecule has 0 radical (unpaired) electrons. The third-order valence-electron chi connectivity index (χ3n) is 4.52. The maximum absolute atomic E-state index is 12.6. The van der Waals surface area contributed by atoms with Gasteiger partial charge in [0.25, 0.3) is 0 Å². The van der Waals surface area contributed by atoms with E-state index in [1.54, 1.807) is 29.3 Å². The van der Waals surface area contributed by atoms with Crippen molar-refractivity contribution in [3.05, 3.63) is 52.9 Å². The Morgan fingerprint density at radius 3 is 2.93 bits per heavy atom. The van der Waals surface area contributed by atoms with Crippen molar-refractivity contribution in [1.82, 2.24) is 9.97 Å². The summed E-state index contributed by atoms with van der Waals surface area (Å²) in [7, 11) is 1.33. The van der Waals surface area contributed by atoms with Crippen LogP contribution in [-0.2, 0) is 22.5 Å². The van der Waals surface area contributed by atoms with Gasteiger partial charge in [-0.05, 0) is 23.8 Å². The van der Waals surface area contributed by atoms with Crippen LogP contribution >= 0.6 is 0 Å². The van der Waals surface area contributed by atoms with Gasteiger partial charge in [0.2, 0.25) is 5.91 Å². The minimum atomic E-state index is -0.424. The lowest BCUT2D eigenvalue weighted by Crippen LogP contribution is -2.27. The van der Waals surface area contributed by atoms with E-state index in [1.807, 2.05) is 12.1 Å². The number of rotatable bonds is 4. The fraction of sp³-hybridized carbons (Fsp3) is 0.211. The number of aliphatic imine (C=N–C) groups is 1. The highest BCUT2D eigenvalue weighted by Crippen LogP contribution is 2.33. The molecule has 2 N–H and O–H groups in total. The molecule has 8 nitrogen and oxygen atoms in total. The molecule has 2 aliphatic rings. The standard InChI is InChI=1S/C19H17N5O3/c1-27-19(26)12-4-2-3-11(7-12)10-24-15(25)8-14-16(20)22-17(23-18(14)24)13-5-6-21-9-13/h2-7H,8-10H2,1H3,(H2,20,22,23). The molecule has 0 unspecified atom stereocenters. The molecule has 1 aromatic carbocycles. The summed E-state index contributed by atoms with van der Waals surface area (Å²) in [4.78, 5) is 38.9. The smallest absolute Gasteiger partial charge is 0.337 e. The highest BCUT2D eigenvalue weighted by atomic mass is 16.5. The number of allylic oxidation sites excluding steroid dienone is 1. The van der Waals surface area contributed by atoms with Gasteiger partial charge in [0.05, 0.1) is 32.2 Å². The van der Waals surface area contributed by atoms with Gasteiger partial charge in [-0.3, -0.25) is 14.7 Å². The number of amides is 1. The number of hydrogen-bond donors (Lipinski definition) is 1. The van der Waals surface area contributed by atoms with Crippen LogP contribution in [0, 0.1) is 0 Å². The summed E-state index contributed by atoms with van der Waals surface area (Å²) in [6.45, 7) is 0.773. The van der Waals surface area contributed by atoms with E-state index in [-0.39, 0.29) is 18.9 Å². The molecule has 136 valence electrons. The van der Waals surface area contributed by atoms with E-state index in [9.17, 15) is 9.59 Å². The summed E-state index contributed by atoms with van der Waals surface area (Å²) in [6.07, 6.45) is 3.69. The van der Waals surface area contributed by atoms with Crippen molar-refractivity contribution in [2.75, 3.05) is 24.3 Å². The molecule has 4 rings (SSSR count). The molecule has 1 aromatic heterocycles. The number of esters is 1. The maximum Gasteiger partial charge on any atom is 0.337 e. The molecule has 27 heavy (non-hydrogen) atoms. The highest BCUT2D eigenvalue weighted by molar-refractivity contribution is 6.02. The Balaban J connectivity index is 1.68. The second-order valence-corrected chi connectivity index (χ2v) is 6.26. The number of nitrogens with two attached hydrogens (primary N) is 1. The van der Waals surface area contributed by atoms with E-state index in [0.717, 1.165) is 11.1 Å². The SMILES string of the molecule is COC(=O)c1cccc(CN2C(=O)Cc3c(N)nc(C4=CC=NC4)nc32)c1. The summed E-state index contributed by atoms with van der Waals surface area (Å²) < 4.78 is 4.75. The molecule has 8 heteroatoms. The number of hydrogen-bond acceptors (Lipinski definition) is 7. The molecule has 0 saturated heterocycles. The van der Waals surface area contributed by atoms with E-state index in [2.05, 4.69) is 15.0 Å². The largest absolute Gasteiger partial charge is 0.465 e. The zero-order chi connectivity index (χ0) is 19.0. The average molecular weight is 363 g/mol. The topological polar surface area (TPSA) is 111 Å². The minimum absolute atomic E-state index is 0.108. The molecule has 2 aliphatic heterocycles. The molecule has 0 aliphatic carbocycles. The van der Waals surface area contributed by atoms with Crippen LogP contribution in [0.1, 0.15) is 27.3 Å². The van der Waals surface area contributed by atoms with Crippen LogP contribution in [0.5, 0.6) is 0 Å². The van der Waals surface area contributed by atoms with Gasteiger partial charge in [-0.2, -0.15) is 0 Å². The van der Waals surface area contributed by atoms with Gasteiger partial charge in [0, 0.05) is 17.4 Å². The third-order valence-corrected chi connectivity index (χ3v) is 4.52. The molecular formula is C19H17N5O3. The van der Waals surface area contributed by atoms with E-state index in [0.29, 0.717) is 35.1 Å². The number of ether oxygens (including phenoxy) is 1. The highest BCUT2D eigenvalue weighted by Gasteiger charge is 2.32. The van der Waals surface area contributed by atoms with E-state index >= 15 is 0 Å². The van der Waals surface area contributed by atoms with E-state index in [4.69, 9.17) is 10.5 Å². The molecule has 0 spiro atoms. The van der Waals surface area contributed by atoms with Crippen LogP contribution in [0.4, 0.5) is 11.6 Å². The average Bonchev–Trinajstić information content (AvgIpc) is 3.31. The fourth-order valence-electron chi connectivity index (χ4n) is 3.14. The zero-order valence-electron chi connectivity index (χ0n) is 14.7. The van der Waals surface area contributed by atoms with Crippen LogP contribution in [0.25, 0.3) is 5.57 Å². The Hall–Kier alpha value is -3.55. The molecular weight excluding hydrogens is 346 g/mol. The second kappa shape index (κ2) is 6.64. The quantitative estimate of drug-likeness (QED) is 0.822. The third kappa shape index (κ3) is 3.05. The Morgan fingerprint density at radius 2 is 2.19 bits per heavy atom. The van der Waals surface area contributed by atoms with Gasteiger partial charge in [-0.1, -0.05) is 12.1 Å². The summed E-state index contributed by atoms with van der Waals surface area (Å²) in [6, 6.07) is 6.97.